The van der Waals surface area contributed by atoms with Gasteiger partial charge in [0.1, 0.15) is 5.60 Å². The van der Waals surface area contributed by atoms with Crippen molar-refractivity contribution >= 4 is 12.1 Å². The fraction of sp³-hybridized carbons (Fsp3) is 0.667. The SMILES string of the molecule is Cn1ccc(CNC2(CC(=O)O)CN(C(=O)OC(C)(C)C)C2)n1. The number of likely N-dealkylation sites (tertiary alicyclic amines) is 1. The van der Waals surface area contributed by atoms with Crippen molar-refractivity contribution in [1.29, 1.82) is 0 Å². The lowest BCUT2D eigenvalue weighted by Crippen LogP contribution is -2.71. The molecule has 1 aromatic heterocycles. The van der Waals surface area contributed by atoms with E-state index in [2.05, 4.69) is 10.4 Å². The lowest BCUT2D eigenvalue weighted by molar-refractivity contribution is -0.141. The highest BCUT2D eigenvalue weighted by Crippen LogP contribution is 2.27. The number of aryl methyl sites for hydroxylation is 1. The summed E-state index contributed by atoms with van der Waals surface area (Å²) >= 11 is 0. The second kappa shape index (κ2) is 6.19. The molecule has 0 unspecified atom stereocenters. The highest BCUT2D eigenvalue weighted by molar-refractivity contribution is 5.73. The predicted molar refractivity (Wildman–Crippen MR) is 82.8 cm³/mol. The van der Waals surface area contributed by atoms with Gasteiger partial charge in [0.25, 0.3) is 0 Å². The third-order valence-corrected chi connectivity index (χ3v) is 3.54. The van der Waals surface area contributed by atoms with Gasteiger partial charge in [-0.2, -0.15) is 5.10 Å². The maximum Gasteiger partial charge on any atom is 0.410 e. The Bertz CT molecular complexity index is 585. The fourth-order valence-electron chi connectivity index (χ4n) is 2.55. The van der Waals surface area contributed by atoms with E-state index in [4.69, 9.17) is 9.84 Å². The van der Waals surface area contributed by atoms with Crippen LogP contribution in [0.3, 0.4) is 0 Å². The zero-order chi connectivity index (χ0) is 17.3. The quantitative estimate of drug-likeness (QED) is 0.838. The number of aliphatic carboxylic acids is 1. The van der Waals surface area contributed by atoms with Crippen LogP contribution in [0, 0.1) is 0 Å². The first-order valence-corrected chi connectivity index (χ1v) is 7.52. The Morgan fingerprint density at radius 2 is 2.09 bits per heavy atom. The molecule has 1 aromatic rings. The average molecular weight is 324 g/mol. The van der Waals surface area contributed by atoms with E-state index in [9.17, 15) is 9.59 Å². The van der Waals surface area contributed by atoms with E-state index in [0.717, 1.165) is 5.69 Å². The van der Waals surface area contributed by atoms with E-state index < -0.39 is 23.2 Å². The van der Waals surface area contributed by atoms with Gasteiger partial charge < -0.3 is 20.1 Å². The molecular weight excluding hydrogens is 300 g/mol. The zero-order valence-corrected chi connectivity index (χ0v) is 14.0. The van der Waals surface area contributed by atoms with Crippen LogP contribution >= 0.6 is 0 Å². The summed E-state index contributed by atoms with van der Waals surface area (Å²) in [5.41, 5.74) is -0.378. The van der Waals surface area contributed by atoms with Crippen LogP contribution < -0.4 is 5.32 Å². The van der Waals surface area contributed by atoms with E-state index in [1.165, 1.54) is 4.90 Å². The third kappa shape index (κ3) is 4.69. The number of hydrogen-bond donors (Lipinski definition) is 2. The van der Waals surface area contributed by atoms with Gasteiger partial charge in [0.15, 0.2) is 0 Å². The van der Waals surface area contributed by atoms with Crippen molar-refractivity contribution in [2.24, 2.45) is 7.05 Å². The summed E-state index contributed by atoms with van der Waals surface area (Å²) in [6.45, 7) is 6.47. The fourth-order valence-corrected chi connectivity index (χ4v) is 2.55. The van der Waals surface area contributed by atoms with Gasteiger partial charge >= 0.3 is 12.1 Å². The summed E-state index contributed by atoms with van der Waals surface area (Å²) in [7, 11) is 1.82. The van der Waals surface area contributed by atoms with E-state index in [1.807, 2.05) is 19.3 Å². The second-order valence-electron chi connectivity index (χ2n) is 7.02. The average Bonchev–Trinajstić information content (AvgIpc) is 2.75. The topological polar surface area (TPSA) is 96.7 Å². The number of carbonyl (C=O) groups is 2. The number of nitrogens with zero attached hydrogens (tertiary/aromatic N) is 3. The van der Waals surface area contributed by atoms with Crippen molar-refractivity contribution in [3.8, 4) is 0 Å². The Balaban J connectivity index is 1.94. The summed E-state index contributed by atoms with van der Waals surface area (Å²) in [4.78, 5) is 24.7. The molecule has 1 fully saturated rings. The van der Waals surface area contributed by atoms with Gasteiger partial charge in [-0.15, -0.1) is 0 Å². The van der Waals surface area contributed by atoms with Crippen molar-refractivity contribution in [2.75, 3.05) is 13.1 Å². The number of nitrogens with one attached hydrogen (secondary N) is 1. The molecule has 1 saturated heterocycles. The molecule has 1 amide bonds. The van der Waals surface area contributed by atoms with Crippen molar-refractivity contribution in [3.05, 3.63) is 18.0 Å². The minimum atomic E-state index is -0.901. The van der Waals surface area contributed by atoms with Crippen molar-refractivity contribution in [1.82, 2.24) is 20.0 Å². The molecule has 8 heteroatoms. The number of carboxylic acid groups (broad SMARTS) is 1. The van der Waals surface area contributed by atoms with Gasteiger partial charge in [0.2, 0.25) is 0 Å². The van der Waals surface area contributed by atoms with Gasteiger partial charge in [0, 0.05) is 32.9 Å². The Morgan fingerprint density at radius 1 is 1.43 bits per heavy atom. The number of carboxylic acids is 1. The Morgan fingerprint density at radius 3 is 2.57 bits per heavy atom. The van der Waals surface area contributed by atoms with Crippen LogP contribution in [0.15, 0.2) is 12.3 Å². The molecule has 0 bridgehead atoms. The molecule has 2 N–H and O–H groups in total. The summed E-state index contributed by atoms with van der Waals surface area (Å²) in [5, 5.41) is 16.6. The lowest BCUT2D eigenvalue weighted by atomic mass is 9.86. The third-order valence-electron chi connectivity index (χ3n) is 3.54. The molecule has 0 aliphatic carbocycles. The molecule has 0 atom stereocenters. The van der Waals surface area contributed by atoms with Gasteiger partial charge in [-0.25, -0.2) is 4.79 Å². The summed E-state index contributed by atoms with van der Waals surface area (Å²) in [5.74, 6) is -0.901. The van der Waals surface area contributed by atoms with Crippen LogP contribution in [0.2, 0.25) is 0 Å². The van der Waals surface area contributed by atoms with Crippen molar-refractivity contribution in [3.63, 3.8) is 0 Å². The monoisotopic (exact) mass is 324 g/mol. The molecular formula is C15H24N4O4. The van der Waals surface area contributed by atoms with Crippen LogP contribution in [0.1, 0.15) is 32.9 Å². The minimum Gasteiger partial charge on any atom is -0.481 e. The number of rotatable bonds is 5. The van der Waals surface area contributed by atoms with Gasteiger partial charge in [-0.1, -0.05) is 0 Å². The van der Waals surface area contributed by atoms with Crippen molar-refractivity contribution in [2.45, 2.75) is 44.9 Å². The molecule has 1 aliphatic rings. The maximum absolute atomic E-state index is 12.0. The number of amides is 1. The molecule has 0 aromatic carbocycles. The van der Waals surface area contributed by atoms with Gasteiger partial charge in [-0.05, 0) is 26.8 Å². The molecule has 0 radical (unpaired) electrons. The van der Waals surface area contributed by atoms with Crippen LogP contribution in [0.5, 0.6) is 0 Å². The highest BCUT2D eigenvalue weighted by atomic mass is 16.6. The number of ether oxygens (including phenoxy) is 1. The normalized spacial score (nSPS) is 16.8. The molecule has 8 nitrogen and oxygen atoms in total. The smallest absolute Gasteiger partial charge is 0.410 e. The molecule has 128 valence electrons. The lowest BCUT2D eigenvalue weighted by Gasteiger charge is -2.49. The van der Waals surface area contributed by atoms with E-state index >= 15 is 0 Å². The summed E-state index contributed by atoms with van der Waals surface area (Å²) in [6.07, 6.45) is 1.35. The molecule has 23 heavy (non-hydrogen) atoms. The van der Waals surface area contributed by atoms with E-state index in [-0.39, 0.29) is 6.42 Å². The maximum atomic E-state index is 12.0. The number of hydrogen-bond acceptors (Lipinski definition) is 5. The molecule has 1 aliphatic heterocycles. The van der Waals surface area contributed by atoms with Crippen molar-refractivity contribution < 1.29 is 19.4 Å². The standard InChI is InChI=1S/C15H24N4O4/c1-14(2,3)23-13(22)19-9-15(10-19,7-12(20)21)16-8-11-5-6-18(4)17-11/h5-6,16H,7-10H2,1-4H3,(H,20,21). The second-order valence-corrected chi connectivity index (χ2v) is 7.02. The summed E-state index contributed by atoms with van der Waals surface area (Å²) < 4.78 is 6.99. The van der Waals surface area contributed by atoms with Crippen LogP contribution in [-0.2, 0) is 23.1 Å². The minimum absolute atomic E-state index is 0.0564. The Labute approximate surface area is 135 Å². The van der Waals surface area contributed by atoms with Crippen LogP contribution in [0.4, 0.5) is 4.79 Å². The molecule has 2 rings (SSSR count). The first-order chi connectivity index (χ1) is 10.6. The van der Waals surface area contributed by atoms with Crippen LogP contribution in [-0.4, -0.2) is 56.1 Å². The van der Waals surface area contributed by atoms with Gasteiger partial charge in [0.05, 0.1) is 17.7 Å². The number of aromatic nitrogens is 2. The summed E-state index contributed by atoms with van der Waals surface area (Å²) in [6, 6.07) is 1.87. The Kier molecular flexibility index (Phi) is 4.65. The molecule has 0 saturated carbocycles. The number of carbonyl (C=O) groups excluding carboxylic acids is 1. The predicted octanol–water partition coefficient (Wildman–Crippen LogP) is 0.974. The largest absolute Gasteiger partial charge is 0.481 e. The van der Waals surface area contributed by atoms with E-state index in [1.54, 1.807) is 25.5 Å². The van der Waals surface area contributed by atoms with Gasteiger partial charge in [-0.3, -0.25) is 9.48 Å². The first-order valence-electron chi connectivity index (χ1n) is 7.52. The zero-order valence-electron chi connectivity index (χ0n) is 14.0. The molecule has 0 spiro atoms. The Hall–Kier alpha value is -2.09. The van der Waals surface area contributed by atoms with Crippen LogP contribution in [0.25, 0.3) is 0 Å². The molecule has 2 heterocycles. The first kappa shape index (κ1) is 17.3. The van der Waals surface area contributed by atoms with E-state index in [0.29, 0.717) is 19.6 Å². The highest BCUT2D eigenvalue weighted by Gasteiger charge is 2.47.